The molecule has 45 heavy (non-hydrogen) atoms. The maximum absolute atomic E-state index is 9.68. The standard InChI is InChI=1S/C43H52O2/c1-2-3-32-4-6-33(7-5-32)8-9-34-26-28-43(29-27-34,39-18-10-35(11-19-39)30-37-14-22-41(44)23-15-37)40-20-12-36(13-21-40)31-38-16-24-42(45)25-17-38/h10-25,32-34,44-45H,2-9,26-31H2,1H3. The summed E-state index contributed by atoms with van der Waals surface area (Å²) < 4.78 is 0. The topological polar surface area (TPSA) is 40.5 Å². The van der Waals surface area contributed by atoms with Crippen molar-refractivity contribution in [2.75, 3.05) is 0 Å². The van der Waals surface area contributed by atoms with Crippen LogP contribution in [0.25, 0.3) is 0 Å². The zero-order valence-corrected chi connectivity index (χ0v) is 27.3. The van der Waals surface area contributed by atoms with E-state index in [2.05, 4.69) is 55.5 Å². The third kappa shape index (κ3) is 8.01. The summed E-state index contributed by atoms with van der Waals surface area (Å²) in [6, 6.07) is 34.1. The minimum atomic E-state index is 0.0584. The van der Waals surface area contributed by atoms with Crippen molar-refractivity contribution in [2.24, 2.45) is 17.8 Å². The third-order valence-electron chi connectivity index (χ3n) is 11.3. The predicted octanol–water partition coefficient (Wildman–Crippen LogP) is 11.1. The molecule has 0 atom stereocenters. The van der Waals surface area contributed by atoms with E-state index in [0.717, 1.165) is 30.6 Å². The van der Waals surface area contributed by atoms with Gasteiger partial charge >= 0.3 is 0 Å². The first-order chi connectivity index (χ1) is 22.0. The molecular weight excluding hydrogens is 548 g/mol. The molecule has 2 saturated carbocycles. The van der Waals surface area contributed by atoms with Crippen molar-refractivity contribution in [1.82, 2.24) is 0 Å². The molecule has 0 amide bonds. The van der Waals surface area contributed by atoms with Gasteiger partial charge in [-0.15, -0.1) is 0 Å². The normalized spacial score (nSPS) is 20.2. The molecule has 0 heterocycles. The Labute approximate surface area is 271 Å². The first-order valence-electron chi connectivity index (χ1n) is 17.7. The van der Waals surface area contributed by atoms with Crippen LogP contribution in [-0.4, -0.2) is 10.2 Å². The molecule has 0 radical (unpaired) electrons. The van der Waals surface area contributed by atoms with Gasteiger partial charge in [0.05, 0.1) is 0 Å². The highest BCUT2D eigenvalue weighted by atomic mass is 16.3. The van der Waals surface area contributed by atoms with Gasteiger partial charge in [0.1, 0.15) is 11.5 Å². The van der Waals surface area contributed by atoms with Crippen molar-refractivity contribution in [3.05, 3.63) is 130 Å². The Hall–Kier alpha value is -3.52. The largest absolute Gasteiger partial charge is 0.508 e. The van der Waals surface area contributed by atoms with Crippen LogP contribution in [0.15, 0.2) is 97.1 Å². The lowest BCUT2D eigenvalue weighted by Crippen LogP contribution is -2.33. The molecule has 0 unspecified atom stereocenters. The van der Waals surface area contributed by atoms with Gasteiger partial charge in [0.2, 0.25) is 0 Å². The third-order valence-corrected chi connectivity index (χ3v) is 11.3. The minimum absolute atomic E-state index is 0.0584. The summed E-state index contributed by atoms with van der Waals surface area (Å²) in [6.45, 7) is 2.34. The van der Waals surface area contributed by atoms with Gasteiger partial charge in [-0.25, -0.2) is 0 Å². The first kappa shape index (κ1) is 31.5. The van der Waals surface area contributed by atoms with E-state index in [1.54, 1.807) is 24.3 Å². The minimum Gasteiger partial charge on any atom is -0.508 e. The summed E-state index contributed by atoms with van der Waals surface area (Å²) in [5.74, 6) is 3.46. The molecule has 2 N–H and O–H groups in total. The highest BCUT2D eigenvalue weighted by molar-refractivity contribution is 5.43. The molecule has 2 fully saturated rings. The molecule has 4 aromatic carbocycles. The quantitative estimate of drug-likeness (QED) is 0.180. The molecule has 0 saturated heterocycles. The van der Waals surface area contributed by atoms with E-state index in [-0.39, 0.29) is 5.41 Å². The van der Waals surface area contributed by atoms with Crippen molar-refractivity contribution in [2.45, 2.75) is 102 Å². The lowest BCUT2D eigenvalue weighted by Gasteiger charge is -2.42. The van der Waals surface area contributed by atoms with Crippen LogP contribution in [0.4, 0.5) is 0 Å². The van der Waals surface area contributed by atoms with Gasteiger partial charge in [-0.2, -0.15) is 0 Å². The highest BCUT2D eigenvalue weighted by Gasteiger charge is 2.38. The number of hydrogen-bond donors (Lipinski definition) is 2. The maximum atomic E-state index is 9.68. The fourth-order valence-electron chi connectivity index (χ4n) is 8.47. The van der Waals surface area contributed by atoms with E-state index in [1.165, 1.54) is 110 Å². The molecule has 2 heteroatoms. The van der Waals surface area contributed by atoms with Crippen molar-refractivity contribution in [3.63, 3.8) is 0 Å². The summed E-state index contributed by atoms with van der Waals surface area (Å²) >= 11 is 0. The van der Waals surface area contributed by atoms with E-state index in [9.17, 15) is 10.2 Å². The second kappa shape index (κ2) is 14.7. The van der Waals surface area contributed by atoms with Crippen molar-refractivity contribution in [1.29, 1.82) is 0 Å². The zero-order valence-electron chi connectivity index (χ0n) is 27.3. The number of phenolic OH excluding ortho intramolecular Hbond substituents is 2. The van der Waals surface area contributed by atoms with Crippen LogP contribution in [-0.2, 0) is 18.3 Å². The van der Waals surface area contributed by atoms with Crippen LogP contribution in [0, 0.1) is 17.8 Å². The Morgan fingerprint density at radius 2 is 0.800 bits per heavy atom. The van der Waals surface area contributed by atoms with Crippen LogP contribution < -0.4 is 0 Å². The number of rotatable bonds is 11. The van der Waals surface area contributed by atoms with Gasteiger partial charge in [-0.05, 0) is 114 Å². The fraction of sp³-hybridized carbons (Fsp3) is 0.442. The summed E-state index contributed by atoms with van der Waals surface area (Å²) in [6.07, 6.45) is 18.3. The Bertz CT molecular complexity index is 1360. The Kier molecular flexibility index (Phi) is 10.3. The summed E-state index contributed by atoms with van der Waals surface area (Å²) in [5.41, 5.74) is 8.03. The molecule has 0 bridgehead atoms. The van der Waals surface area contributed by atoms with Gasteiger partial charge in [-0.1, -0.05) is 131 Å². The molecule has 6 rings (SSSR count). The first-order valence-corrected chi connectivity index (χ1v) is 17.7. The Balaban J connectivity index is 1.16. The monoisotopic (exact) mass is 600 g/mol. The van der Waals surface area contributed by atoms with Crippen LogP contribution in [0.1, 0.15) is 117 Å². The van der Waals surface area contributed by atoms with E-state index in [1.807, 2.05) is 24.3 Å². The molecule has 2 aliphatic rings. The van der Waals surface area contributed by atoms with Crippen molar-refractivity contribution >= 4 is 0 Å². The lowest BCUT2D eigenvalue weighted by atomic mass is 9.62. The maximum Gasteiger partial charge on any atom is 0.115 e. The molecule has 0 spiro atoms. The van der Waals surface area contributed by atoms with E-state index >= 15 is 0 Å². The molecule has 2 nitrogen and oxygen atoms in total. The number of aromatic hydroxyl groups is 2. The Morgan fingerprint density at radius 1 is 0.467 bits per heavy atom. The summed E-state index contributed by atoms with van der Waals surface area (Å²) in [7, 11) is 0. The SMILES string of the molecule is CCCC1CCC(CCC2CCC(c3ccc(Cc4ccc(O)cc4)cc3)(c3ccc(Cc4ccc(O)cc4)cc3)CC2)CC1. The van der Waals surface area contributed by atoms with E-state index in [0.29, 0.717) is 11.5 Å². The zero-order chi connectivity index (χ0) is 31.1. The lowest BCUT2D eigenvalue weighted by molar-refractivity contribution is 0.210. The molecule has 4 aromatic rings. The molecule has 236 valence electrons. The smallest absolute Gasteiger partial charge is 0.115 e. The predicted molar refractivity (Wildman–Crippen MR) is 187 cm³/mol. The van der Waals surface area contributed by atoms with Crippen LogP contribution in [0.3, 0.4) is 0 Å². The molecular formula is C43H52O2. The average Bonchev–Trinajstić information content (AvgIpc) is 3.08. The van der Waals surface area contributed by atoms with Crippen molar-refractivity contribution in [3.8, 4) is 11.5 Å². The van der Waals surface area contributed by atoms with Gasteiger partial charge in [-0.3, -0.25) is 0 Å². The Morgan fingerprint density at radius 3 is 1.18 bits per heavy atom. The number of benzene rings is 4. The second-order valence-electron chi connectivity index (χ2n) is 14.4. The average molecular weight is 601 g/mol. The number of hydrogen-bond acceptors (Lipinski definition) is 2. The van der Waals surface area contributed by atoms with Gasteiger partial charge in [0.25, 0.3) is 0 Å². The molecule has 0 aliphatic heterocycles. The molecule has 0 aromatic heterocycles. The van der Waals surface area contributed by atoms with E-state index in [4.69, 9.17) is 0 Å². The summed E-state index contributed by atoms with van der Waals surface area (Å²) in [4.78, 5) is 0. The molecule has 2 aliphatic carbocycles. The van der Waals surface area contributed by atoms with E-state index < -0.39 is 0 Å². The number of phenols is 2. The van der Waals surface area contributed by atoms with Crippen LogP contribution in [0.5, 0.6) is 11.5 Å². The van der Waals surface area contributed by atoms with Gasteiger partial charge in [0, 0.05) is 5.41 Å². The van der Waals surface area contributed by atoms with Crippen LogP contribution in [0.2, 0.25) is 0 Å². The van der Waals surface area contributed by atoms with Crippen LogP contribution >= 0.6 is 0 Å². The second-order valence-corrected chi connectivity index (χ2v) is 14.4. The highest BCUT2D eigenvalue weighted by Crippen LogP contribution is 2.48. The summed E-state index contributed by atoms with van der Waals surface area (Å²) in [5, 5.41) is 19.4. The van der Waals surface area contributed by atoms with Crippen molar-refractivity contribution < 1.29 is 10.2 Å². The van der Waals surface area contributed by atoms with Gasteiger partial charge < -0.3 is 10.2 Å². The fourth-order valence-corrected chi connectivity index (χ4v) is 8.47. The van der Waals surface area contributed by atoms with Gasteiger partial charge in [0.15, 0.2) is 0 Å².